The summed E-state index contributed by atoms with van der Waals surface area (Å²) in [6.07, 6.45) is 0. The van der Waals surface area contributed by atoms with Crippen molar-refractivity contribution in [3.63, 3.8) is 0 Å². The van der Waals surface area contributed by atoms with Gasteiger partial charge in [0.2, 0.25) is 10.0 Å². The van der Waals surface area contributed by atoms with Crippen molar-refractivity contribution < 1.29 is 35.8 Å². The van der Waals surface area contributed by atoms with E-state index in [1.165, 1.54) is 54.9 Å². The number of nitrogens with one attached hydrogen (secondary N) is 1. The fourth-order valence-electron chi connectivity index (χ4n) is 3.15. The quantitative estimate of drug-likeness (QED) is 0.571. The minimum Gasteiger partial charge on any atom is -0.493 e. The van der Waals surface area contributed by atoms with Crippen LogP contribution in [0.4, 0.5) is 5.69 Å². The molecule has 10 nitrogen and oxygen atoms in total. The van der Waals surface area contributed by atoms with Crippen LogP contribution in [-0.2, 0) is 24.8 Å². The molecule has 0 amide bonds. The summed E-state index contributed by atoms with van der Waals surface area (Å²) in [6.45, 7) is 3.06. The Kier molecular flexibility index (Phi) is 7.49. The van der Waals surface area contributed by atoms with Crippen molar-refractivity contribution in [2.75, 3.05) is 51.9 Å². The highest BCUT2D eigenvalue weighted by molar-refractivity contribution is 7.92. The first-order chi connectivity index (χ1) is 15.2. The highest BCUT2D eigenvalue weighted by Gasteiger charge is 2.28. The molecule has 0 aliphatic carbocycles. The van der Waals surface area contributed by atoms with Crippen LogP contribution in [0.15, 0.2) is 46.2 Å². The number of rotatable bonds is 9. The Bertz CT molecular complexity index is 1160. The van der Waals surface area contributed by atoms with Crippen LogP contribution in [-0.4, -0.2) is 68.3 Å². The van der Waals surface area contributed by atoms with Gasteiger partial charge in [-0.2, -0.15) is 4.31 Å². The van der Waals surface area contributed by atoms with Gasteiger partial charge in [-0.25, -0.2) is 16.8 Å². The van der Waals surface area contributed by atoms with Gasteiger partial charge in [0.15, 0.2) is 11.5 Å². The van der Waals surface area contributed by atoms with Gasteiger partial charge < -0.3 is 18.9 Å². The SMILES string of the molecule is CCOc1ccc(S(=O)(=O)N2CCOCC2)cc1NS(=O)(=O)c1ccc(OC)c(OC)c1. The summed E-state index contributed by atoms with van der Waals surface area (Å²) < 4.78 is 76.9. The van der Waals surface area contributed by atoms with Crippen LogP contribution in [0.25, 0.3) is 0 Å². The molecule has 2 aromatic rings. The number of ether oxygens (including phenoxy) is 4. The van der Waals surface area contributed by atoms with E-state index in [0.717, 1.165) is 0 Å². The molecule has 1 aliphatic rings. The lowest BCUT2D eigenvalue weighted by atomic mass is 10.3. The van der Waals surface area contributed by atoms with Crippen LogP contribution in [0.2, 0.25) is 0 Å². The van der Waals surface area contributed by atoms with Gasteiger partial charge in [-0.15, -0.1) is 0 Å². The second-order valence-electron chi connectivity index (χ2n) is 6.73. The van der Waals surface area contributed by atoms with E-state index in [1.807, 2.05) is 0 Å². The molecular weight excluding hydrogens is 460 g/mol. The maximum Gasteiger partial charge on any atom is 0.262 e. The van der Waals surface area contributed by atoms with E-state index in [4.69, 9.17) is 18.9 Å². The highest BCUT2D eigenvalue weighted by atomic mass is 32.2. The largest absolute Gasteiger partial charge is 0.493 e. The molecule has 1 aliphatic heterocycles. The summed E-state index contributed by atoms with van der Waals surface area (Å²) >= 11 is 0. The average molecular weight is 487 g/mol. The summed E-state index contributed by atoms with van der Waals surface area (Å²) in [5, 5.41) is 0. The van der Waals surface area contributed by atoms with Gasteiger partial charge in [-0.1, -0.05) is 0 Å². The van der Waals surface area contributed by atoms with Gasteiger partial charge in [-0.05, 0) is 37.3 Å². The van der Waals surface area contributed by atoms with Crippen LogP contribution in [0.5, 0.6) is 17.2 Å². The molecule has 0 atom stereocenters. The summed E-state index contributed by atoms with van der Waals surface area (Å²) in [4.78, 5) is -0.132. The number of methoxy groups -OCH3 is 2. The third-order valence-electron chi connectivity index (χ3n) is 4.77. The van der Waals surface area contributed by atoms with Crippen molar-refractivity contribution in [1.29, 1.82) is 0 Å². The van der Waals surface area contributed by atoms with Crippen molar-refractivity contribution in [2.24, 2.45) is 0 Å². The van der Waals surface area contributed by atoms with E-state index >= 15 is 0 Å². The molecule has 1 fully saturated rings. The Labute approximate surface area is 188 Å². The molecule has 0 radical (unpaired) electrons. The Balaban J connectivity index is 1.99. The van der Waals surface area contributed by atoms with E-state index in [2.05, 4.69) is 4.72 Å². The van der Waals surface area contributed by atoms with Crippen molar-refractivity contribution in [3.8, 4) is 17.2 Å². The van der Waals surface area contributed by atoms with E-state index in [-0.39, 0.29) is 46.7 Å². The summed E-state index contributed by atoms with van der Waals surface area (Å²) in [5.41, 5.74) is 0.0102. The number of hydrogen-bond acceptors (Lipinski definition) is 8. The van der Waals surface area contributed by atoms with Crippen LogP contribution in [0.3, 0.4) is 0 Å². The molecule has 1 heterocycles. The molecule has 176 valence electrons. The minimum absolute atomic E-state index is 0.0102. The minimum atomic E-state index is -4.09. The number of hydrogen-bond donors (Lipinski definition) is 1. The van der Waals surface area contributed by atoms with Crippen molar-refractivity contribution >= 4 is 25.7 Å². The molecule has 0 saturated carbocycles. The zero-order chi connectivity index (χ0) is 23.4. The van der Waals surface area contributed by atoms with Crippen molar-refractivity contribution in [2.45, 2.75) is 16.7 Å². The molecule has 0 aromatic heterocycles. The molecule has 1 N–H and O–H groups in total. The first-order valence-electron chi connectivity index (χ1n) is 9.82. The fraction of sp³-hybridized carbons (Fsp3) is 0.400. The maximum absolute atomic E-state index is 13.0. The maximum atomic E-state index is 13.0. The zero-order valence-corrected chi connectivity index (χ0v) is 19.7. The molecular formula is C20H26N2O8S2. The molecule has 2 aromatic carbocycles. The van der Waals surface area contributed by atoms with Gasteiger partial charge in [0, 0.05) is 19.2 Å². The second-order valence-corrected chi connectivity index (χ2v) is 10.4. The number of sulfonamides is 2. The third kappa shape index (κ3) is 5.09. The summed E-state index contributed by atoms with van der Waals surface area (Å²) in [6, 6.07) is 8.23. The molecule has 12 heteroatoms. The lowest BCUT2D eigenvalue weighted by Gasteiger charge is -2.26. The lowest BCUT2D eigenvalue weighted by Crippen LogP contribution is -2.40. The normalized spacial score (nSPS) is 15.2. The summed E-state index contributed by atoms with van der Waals surface area (Å²) in [5.74, 6) is 0.821. The fourth-order valence-corrected chi connectivity index (χ4v) is 5.67. The van der Waals surface area contributed by atoms with Gasteiger partial charge >= 0.3 is 0 Å². The Morgan fingerprint density at radius 3 is 2.16 bits per heavy atom. The van der Waals surface area contributed by atoms with Crippen LogP contribution >= 0.6 is 0 Å². The smallest absolute Gasteiger partial charge is 0.262 e. The molecule has 1 saturated heterocycles. The first-order valence-corrected chi connectivity index (χ1v) is 12.7. The number of nitrogens with zero attached hydrogens (tertiary/aromatic N) is 1. The van der Waals surface area contributed by atoms with E-state index < -0.39 is 20.0 Å². The number of morpholine rings is 1. The highest BCUT2D eigenvalue weighted by Crippen LogP contribution is 2.33. The van der Waals surface area contributed by atoms with Crippen LogP contribution in [0.1, 0.15) is 6.92 Å². The number of anilines is 1. The predicted octanol–water partition coefficient (Wildman–Crippen LogP) is 1.92. The van der Waals surface area contributed by atoms with E-state index in [1.54, 1.807) is 6.92 Å². The van der Waals surface area contributed by atoms with Gasteiger partial charge in [0.05, 0.1) is 49.5 Å². The molecule has 0 bridgehead atoms. The Morgan fingerprint density at radius 2 is 1.53 bits per heavy atom. The predicted molar refractivity (Wildman–Crippen MR) is 118 cm³/mol. The van der Waals surface area contributed by atoms with Crippen molar-refractivity contribution in [1.82, 2.24) is 4.31 Å². The van der Waals surface area contributed by atoms with Gasteiger partial charge in [0.1, 0.15) is 5.75 Å². The standard InChI is InChI=1S/C20H26N2O8S2/c1-4-30-18-7-6-16(32(25,26)22-9-11-29-12-10-22)13-17(18)21-31(23,24)15-5-8-19(27-2)20(14-15)28-3/h5-8,13-14,21H,4,9-12H2,1-3H3. The Morgan fingerprint density at radius 1 is 0.906 bits per heavy atom. The monoisotopic (exact) mass is 486 g/mol. The summed E-state index contributed by atoms with van der Waals surface area (Å²) in [7, 11) is -5.08. The lowest BCUT2D eigenvalue weighted by molar-refractivity contribution is 0.0730. The molecule has 0 spiro atoms. The zero-order valence-electron chi connectivity index (χ0n) is 18.0. The topological polar surface area (TPSA) is 120 Å². The first kappa shape index (κ1) is 24.1. The van der Waals surface area contributed by atoms with E-state index in [9.17, 15) is 16.8 Å². The molecule has 0 unspecified atom stereocenters. The molecule has 32 heavy (non-hydrogen) atoms. The number of benzene rings is 2. The van der Waals surface area contributed by atoms with Crippen LogP contribution < -0.4 is 18.9 Å². The Hall–Kier alpha value is -2.54. The third-order valence-corrected chi connectivity index (χ3v) is 8.03. The van der Waals surface area contributed by atoms with Gasteiger partial charge in [-0.3, -0.25) is 4.72 Å². The second kappa shape index (κ2) is 9.94. The van der Waals surface area contributed by atoms with Crippen LogP contribution in [0, 0.1) is 0 Å². The van der Waals surface area contributed by atoms with Crippen molar-refractivity contribution in [3.05, 3.63) is 36.4 Å². The van der Waals surface area contributed by atoms with E-state index in [0.29, 0.717) is 19.0 Å². The van der Waals surface area contributed by atoms with Gasteiger partial charge in [0.25, 0.3) is 10.0 Å². The average Bonchev–Trinajstić information content (AvgIpc) is 2.80. The molecule has 3 rings (SSSR count).